The number of aromatic hydroxyl groups is 1. The first-order valence-electron chi connectivity index (χ1n) is 7.69. The van der Waals surface area contributed by atoms with Crippen LogP contribution < -0.4 is 10.6 Å². The van der Waals surface area contributed by atoms with Gasteiger partial charge in [0, 0.05) is 12.6 Å². The lowest BCUT2D eigenvalue weighted by Gasteiger charge is -2.13. The Morgan fingerprint density at radius 2 is 2.18 bits per heavy atom. The summed E-state index contributed by atoms with van der Waals surface area (Å²) in [6.07, 6.45) is 5.44. The molecule has 1 aromatic carbocycles. The van der Waals surface area contributed by atoms with Gasteiger partial charge >= 0.3 is 6.09 Å². The lowest BCUT2D eigenvalue weighted by Crippen LogP contribution is -2.31. The highest BCUT2D eigenvalue weighted by Gasteiger charge is 2.07. The number of anilines is 1. The van der Waals surface area contributed by atoms with Crippen LogP contribution in [0.4, 0.5) is 10.5 Å². The minimum atomic E-state index is -1.01. The van der Waals surface area contributed by atoms with E-state index in [2.05, 4.69) is 17.2 Å². The van der Waals surface area contributed by atoms with Gasteiger partial charge in [-0.2, -0.15) is 0 Å². The molecule has 5 heteroatoms. The summed E-state index contributed by atoms with van der Waals surface area (Å²) in [7, 11) is 0. The summed E-state index contributed by atoms with van der Waals surface area (Å²) in [5.74, 6) is 0.236. The fraction of sp³-hybridized carbons (Fsp3) is 0.471. The Kier molecular flexibility index (Phi) is 7.89. The summed E-state index contributed by atoms with van der Waals surface area (Å²) in [6, 6.07) is 5.45. The van der Waals surface area contributed by atoms with Crippen molar-refractivity contribution in [2.75, 3.05) is 11.9 Å². The SMILES string of the molecule is C=CCCCCNc1ccc(CCC(C)NC(=O)O)cc1O. The number of hydrogen-bond donors (Lipinski definition) is 4. The number of carbonyl (C=O) groups is 1. The number of amides is 1. The van der Waals surface area contributed by atoms with Crippen molar-refractivity contribution < 1.29 is 15.0 Å². The Balaban J connectivity index is 2.40. The predicted molar refractivity (Wildman–Crippen MR) is 89.6 cm³/mol. The van der Waals surface area contributed by atoms with Crippen molar-refractivity contribution in [1.29, 1.82) is 0 Å². The number of nitrogens with one attached hydrogen (secondary N) is 2. The van der Waals surface area contributed by atoms with E-state index < -0.39 is 6.09 Å². The van der Waals surface area contributed by atoms with E-state index in [9.17, 15) is 9.90 Å². The van der Waals surface area contributed by atoms with Gasteiger partial charge in [-0.15, -0.1) is 6.58 Å². The van der Waals surface area contributed by atoms with Crippen LogP contribution in [0, 0.1) is 0 Å². The zero-order valence-corrected chi connectivity index (χ0v) is 13.1. The van der Waals surface area contributed by atoms with E-state index >= 15 is 0 Å². The molecular weight excluding hydrogens is 280 g/mol. The van der Waals surface area contributed by atoms with Crippen LogP contribution in [0.2, 0.25) is 0 Å². The lowest BCUT2D eigenvalue weighted by molar-refractivity contribution is 0.190. The van der Waals surface area contributed by atoms with E-state index in [4.69, 9.17) is 5.11 Å². The van der Waals surface area contributed by atoms with Crippen molar-refractivity contribution in [2.24, 2.45) is 0 Å². The highest BCUT2D eigenvalue weighted by molar-refractivity contribution is 5.64. The standard InChI is InChI=1S/C17H26N2O3/c1-3-4-5-6-11-18-15-10-9-14(12-16(15)20)8-7-13(2)19-17(21)22/h3,9-10,12-13,18-20H,1,4-8,11H2,2H3,(H,21,22). The van der Waals surface area contributed by atoms with Crippen LogP contribution in [0.15, 0.2) is 30.9 Å². The molecule has 1 amide bonds. The van der Waals surface area contributed by atoms with Crippen molar-refractivity contribution in [3.8, 4) is 5.75 Å². The van der Waals surface area contributed by atoms with Crippen LogP contribution in [-0.4, -0.2) is 28.9 Å². The van der Waals surface area contributed by atoms with Crippen LogP contribution in [-0.2, 0) is 6.42 Å². The Labute approximate surface area is 132 Å². The Morgan fingerprint density at radius 3 is 2.82 bits per heavy atom. The van der Waals surface area contributed by atoms with E-state index in [1.54, 1.807) is 6.07 Å². The molecule has 0 aliphatic rings. The minimum Gasteiger partial charge on any atom is -0.506 e. The van der Waals surface area contributed by atoms with Gasteiger partial charge in [-0.1, -0.05) is 12.1 Å². The molecule has 1 rings (SSSR count). The number of rotatable bonds is 10. The van der Waals surface area contributed by atoms with Crippen LogP contribution >= 0.6 is 0 Å². The van der Waals surface area contributed by atoms with Gasteiger partial charge in [0.05, 0.1) is 5.69 Å². The number of allylic oxidation sites excluding steroid dienone is 1. The van der Waals surface area contributed by atoms with Crippen molar-refractivity contribution in [3.63, 3.8) is 0 Å². The molecule has 0 aromatic heterocycles. The van der Waals surface area contributed by atoms with Gasteiger partial charge in [0.15, 0.2) is 0 Å². The highest BCUT2D eigenvalue weighted by Crippen LogP contribution is 2.25. The summed E-state index contributed by atoms with van der Waals surface area (Å²) in [5, 5.41) is 24.3. The number of unbranched alkanes of at least 4 members (excludes halogenated alkanes) is 2. The van der Waals surface area contributed by atoms with Crippen molar-refractivity contribution in [1.82, 2.24) is 5.32 Å². The Morgan fingerprint density at radius 1 is 1.41 bits per heavy atom. The highest BCUT2D eigenvalue weighted by atomic mass is 16.4. The molecule has 5 nitrogen and oxygen atoms in total. The molecule has 0 radical (unpaired) electrons. The molecule has 0 saturated heterocycles. The summed E-state index contributed by atoms with van der Waals surface area (Å²) in [4.78, 5) is 10.5. The smallest absolute Gasteiger partial charge is 0.404 e. The number of carboxylic acid groups (broad SMARTS) is 1. The molecule has 0 spiro atoms. The predicted octanol–water partition coefficient (Wildman–Crippen LogP) is 3.75. The zero-order chi connectivity index (χ0) is 16.4. The summed E-state index contributed by atoms with van der Waals surface area (Å²) in [6.45, 7) is 6.33. The molecule has 0 saturated carbocycles. The molecule has 0 aliphatic carbocycles. The first-order chi connectivity index (χ1) is 10.5. The molecule has 0 aliphatic heterocycles. The van der Waals surface area contributed by atoms with E-state index in [1.165, 1.54) is 0 Å². The average Bonchev–Trinajstić information content (AvgIpc) is 2.46. The van der Waals surface area contributed by atoms with Gasteiger partial charge in [0.2, 0.25) is 0 Å². The largest absolute Gasteiger partial charge is 0.506 e. The molecule has 4 N–H and O–H groups in total. The van der Waals surface area contributed by atoms with Crippen LogP contribution in [0.5, 0.6) is 5.75 Å². The van der Waals surface area contributed by atoms with E-state index in [0.717, 1.165) is 37.1 Å². The molecule has 1 aromatic rings. The monoisotopic (exact) mass is 306 g/mol. The first-order valence-corrected chi connectivity index (χ1v) is 7.69. The van der Waals surface area contributed by atoms with Gasteiger partial charge in [-0.05, 0) is 56.7 Å². The third-order valence-electron chi connectivity index (χ3n) is 3.45. The molecule has 0 heterocycles. The number of benzene rings is 1. The van der Waals surface area contributed by atoms with Crippen LogP contribution in [0.3, 0.4) is 0 Å². The molecule has 0 bridgehead atoms. The average molecular weight is 306 g/mol. The van der Waals surface area contributed by atoms with Crippen LogP contribution in [0.1, 0.15) is 38.2 Å². The fourth-order valence-corrected chi connectivity index (χ4v) is 2.19. The van der Waals surface area contributed by atoms with Gasteiger partial charge in [-0.3, -0.25) is 0 Å². The second kappa shape index (κ2) is 9.71. The molecule has 22 heavy (non-hydrogen) atoms. The maximum Gasteiger partial charge on any atom is 0.404 e. The third-order valence-corrected chi connectivity index (χ3v) is 3.45. The summed E-state index contributed by atoms with van der Waals surface area (Å²) in [5.41, 5.74) is 1.73. The fourth-order valence-electron chi connectivity index (χ4n) is 2.19. The Bertz CT molecular complexity index is 489. The number of hydrogen-bond acceptors (Lipinski definition) is 3. The van der Waals surface area contributed by atoms with Gasteiger partial charge in [0.25, 0.3) is 0 Å². The van der Waals surface area contributed by atoms with E-state index in [-0.39, 0.29) is 11.8 Å². The maximum atomic E-state index is 10.5. The van der Waals surface area contributed by atoms with Crippen molar-refractivity contribution >= 4 is 11.8 Å². The van der Waals surface area contributed by atoms with Gasteiger partial charge in [-0.25, -0.2) is 4.79 Å². The quantitative estimate of drug-likeness (QED) is 0.301. The zero-order valence-electron chi connectivity index (χ0n) is 13.1. The molecule has 122 valence electrons. The Hall–Kier alpha value is -2.17. The molecule has 1 atom stereocenters. The third kappa shape index (κ3) is 7.02. The number of phenols is 1. The molecule has 0 fully saturated rings. The minimum absolute atomic E-state index is 0.109. The lowest BCUT2D eigenvalue weighted by atomic mass is 10.1. The van der Waals surface area contributed by atoms with Crippen molar-refractivity contribution in [2.45, 2.75) is 45.1 Å². The van der Waals surface area contributed by atoms with E-state index in [1.807, 2.05) is 25.1 Å². The topological polar surface area (TPSA) is 81.6 Å². The second-order valence-electron chi connectivity index (χ2n) is 5.45. The van der Waals surface area contributed by atoms with Gasteiger partial charge < -0.3 is 20.8 Å². The second-order valence-corrected chi connectivity index (χ2v) is 5.45. The number of phenolic OH excluding ortho intramolecular Hbond substituents is 1. The molecule has 1 unspecified atom stereocenters. The maximum absolute atomic E-state index is 10.5. The first kappa shape index (κ1) is 17.9. The summed E-state index contributed by atoms with van der Waals surface area (Å²) < 4.78 is 0. The van der Waals surface area contributed by atoms with Crippen molar-refractivity contribution in [3.05, 3.63) is 36.4 Å². The summed E-state index contributed by atoms with van der Waals surface area (Å²) >= 11 is 0. The molecular formula is C17H26N2O3. The normalized spacial score (nSPS) is 11.7. The van der Waals surface area contributed by atoms with E-state index in [0.29, 0.717) is 12.8 Å². The van der Waals surface area contributed by atoms with Gasteiger partial charge in [0.1, 0.15) is 5.75 Å². The number of aryl methyl sites for hydroxylation is 1. The van der Waals surface area contributed by atoms with Crippen LogP contribution in [0.25, 0.3) is 0 Å².